The molecule has 0 aliphatic rings. The zero-order chi connectivity index (χ0) is 12.4. The summed E-state index contributed by atoms with van der Waals surface area (Å²) in [5.74, 6) is 5.25. The van der Waals surface area contributed by atoms with Crippen LogP contribution in [0.3, 0.4) is 0 Å². The van der Waals surface area contributed by atoms with Crippen molar-refractivity contribution in [2.24, 2.45) is 10.9 Å². The van der Waals surface area contributed by atoms with E-state index in [4.69, 9.17) is 29.0 Å². The fourth-order valence-corrected chi connectivity index (χ4v) is 2.65. The molecule has 0 unspecified atom stereocenters. The van der Waals surface area contributed by atoms with Crippen molar-refractivity contribution < 1.29 is 0 Å². The van der Waals surface area contributed by atoms with Gasteiger partial charge in [0.05, 0.1) is 15.8 Å². The van der Waals surface area contributed by atoms with Crippen molar-refractivity contribution in [3.8, 4) is 10.4 Å². The van der Waals surface area contributed by atoms with Gasteiger partial charge in [-0.3, -0.25) is 0 Å². The molecular formula is C12H10Cl2N2S. The number of thiophene rings is 1. The average molecular weight is 285 g/mol. The lowest BCUT2D eigenvalue weighted by molar-refractivity contribution is 1.24. The van der Waals surface area contributed by atoms with Crippen LogP contribution in [-0.2, 0) is 0 Å². The molecule has 0 aliphatic carbocycles. The maximum absolute atomic E-state index is 5.99. The summed E-state index contributed by atoms with van der Waals surface area (Å²) in [6.07, 6.45) is 0. The van der Waals surface area contributed by atoms with Crippen molar-refractivity contribution in [2.75, 3.05) is 0 Å². The molecule has 88 valence electrons. The Kier molecular flexibility index (Phi) is 3.72. The summed E-state index contributed by atoms with van der Waals surface area (Å²) in [5, 5.41) is 6.81. The van der Waals surface area contributed by atoms with E-state index in [1.807, 2.05) is 30.5 Å². The highest BCUT2D eigenvalue weighted by molar-refractivity contribution is 7.13. The highest BCUT2D eigenvalue weighted by atomic mass is 35.5. The topological polar surface area (TPSA) is 38.4 Å². The molecule has 0 atom stereocenters. The molecule has 1 heterocycles. The number of nitrogens with two attached hydrogens (primary N) is 1. The fraction of sp³-hybridized carbons (Fsp3) is 0.0833. The van der Waals surface area contributed by atoms with Crippen LogP contribution < -0.4 is 5.84 Å². The molecule has 0 aliphatic heterocycles. The van der Waals surface area contributed by atoms with E-state index in [0.29, 0.717) is 10.0 Å². The lowest BCUT2D eigenvalue weighted by Crippen LogP contribution is -1.95. The fourth-order valence-electron chi connectivity index (χ4n) is 1.40. The van der Waals surface area contributed by atoms with Gasteiger partial charge in [0.1, 0.15) is 0 Å². The van der Waals surface area contributed by atoms with E-state index in [1.54, 1.807) is 17.4 Å². The summed E-state index contributed by atoms with van der Waals surface area (Å²) >= 11 is 13.5. The summed E-state index contributed by atoms with van der Waals surface area (Å²) in [6.45, 7) is 1.88. The minimum atomic E-state index is 0.559. The highest BCUT2D eigenvalue weighted by Crippen LogP contribution is 2.32. The van der Waals surface area contributed by atoms with Crippen molar-refractivity contribution in [1.29, 1.82) is 0 Å². The molecule has 0 fully saturated rings. The first-order valence-corrected chi connectivity index (χ1v) is 6.54. The van der Waals surface area contributed by atoms with Gasteiger partial charge in [0, 0.05) is 15.8 Å². The predicted molar refractivity (Wildman–Crippen MR) is 76.2 cm³/mol. The van der Waals surface area contributed by atoms with Gasteiger partial charge in [-0.15, -0.1) is 11.3 Å². The second kappa shape index (κ2) is 5.08. The summed E-state index contributed by atoms with van der Waals surface area (Å²) in [6, 6.07) is 7.63. The van der Waals surface area contributed by atoms with E-state index in [2.05, 4.69) is 5.10 Å². The van der Waals surface area contributed by atoms with Gasteiger partial charge in [-0.25, -0.2) is 0 Å². The minimum Gasteiger partial charge on any atom is -0.323 e. The third kappa shape index (κ3) is 2.63. The zero-order valence-electron chi connectivity index (χ0n) is 9.08. The van der Waals surface area contributed by atoms with Crippen LogP contribution in [0.25, 0.3) is 10.4 Å². The van der Waals surface area contributed by atoms with Crippen molar-refractivity contribution in [1.82, 2.24) is 0 Å². The number of nitrogens with zero attached hydrogens (tertiary/aromatic N) is 1. The Morgan fingerprint density at radius 1 is 1.24 bits per heavy atom. The first kappa shape index (κ1) is 12.4. The van der Waals surface area contributed by atoms with Crippen molar-refractivity contribution in [3.63, 3.8) is 0 Å². The monoisotopic (exact) mass is 284 g/mol. The van der Waals surface area contributed by atoms with E-state index in [9.17, 15) is 0 Å². The molecule has 1 aromatic heterocycles. The Hall–Kier alpha value is -1.03. The molecule has 0 saturated heterocycles. The third-order valence-corrected chi connectivity index (χ3v) is 4.13. The summed E-state index contributed by atoms with van der Waals surface area (Å²) < 4.78 is 0. The van der Waals surface area contributed by atoms with Crippen LogP contribution in [0.2, 0.25) is 10.0 Å². The Morgan fingerprint density at radius 3 is 2.65 bits per heavy atom. The third-order valence-electron chi connectivity index (χ3n) is 2.41. The number of halogens is 2. The highest BCUT2D eigenvalue weighted by Gasteiger charge is 2.06. The van der Waals surface area contributed by atoms with Gasteiger partial charge in [-0.05, 0) is 30.7 Å². The molecule has 0 bridgehead atoms. The molecule has 1 aromatic carbocycles. The van der Waals surface area contributed by atoms with E-state index in [0.717, 1.165) is 21.7 Å². The summed E-state index contributed by atoms with van der Waals surface area (Å²) in [5.41, 5.74) is 2.88. The molecule has 0 amide bonds. The molecular weight excluding hydrogens is 275 g/mol. The number of benzene rings is 1. The van der Waals surface area contributed by atoms with Crippen LogP contribution in [-0.4, -0.2) is 5.71 Å². The van der Waals surface area contributed by atoms with Crippen molar-refractivity contribution in [3.05, 3.63) is 45.3 Å². The number of hydrogen-bond donors (Lipinski definition) is 1. The largest absolute Gasteiger partial charge is 0.323 e. The quantitative estimate of drug-likeness (QED) is 0.495. The van der Waals surface area contributed by atoms with E-state index in [-0.39, 0.29) is 0 Å². The molecule has 0 saturated carbocycles. The van der Waals surface area contributed by atoms with E-state index < -0.39 is 0 Å². The van der Waals surface area contributed by atoms with Crippen LogP contribution in [0.4, 0.5) is 0 Å². The van der Waals surface area contributed by atoms with E-state index >= 15 is 0 Å². The van der Waals surface area contributed by atoms with Crippen LogP contribution in [0.1, 0.15) is 12.5 Å². The van der Waals surface area contributed by atoms with Gasteiger partial charge < -0.3 is 5.84 Å². The Bertz CT molecular complexity index is 576. The molecule has 2 N–H and O–H groups in total. The van der Waals surface area contributed by atoms with Crippen molar-refractivity contribution >= 4 is 40.3 Å². The van der Waals surface area contributed by atoms with Crippen LogP contribution in [0.5, 0.6) is 0 Å². The molecule has 2 rings (SSSR count). The molecule has 2 aromatic rings. The average Bonchev–Trinajstić information content (AvgIpc) is 2.81. The maximum atomic E-state index is 5.99. The maximum Gasteiger partial charge on any atom is 0.0650 e. The standard InChI is InChI=1S/C12H10Cl2N2S/c1-7(16-15)9-5-12(17-6-9)8-2-3-10(13)11(14)4-8/h2-6H,15H2,1H3. The smallest absolute Gasteiger partial charge is 0.0650 e. The Balaban J connectivity index is 2.40. The summed E-state index contributed by atoms with van der Waals surface area (Å²) in [7, 11) is 0. The summed E-state index contributed by atoms with van der Waals surface area (Å²) in [4.78, 5) is 1.11. The van der Waals surface area contributed by atoms with Gasteiger partial charge in [0.2, 0.25) is 0 Å². The van der Waals surface area contributed by atoms with Gasteiger partial charge in [-0.2, -0.15) is 5.10 Å². The Morgan fingerprint density at radius 2 is 2.00 bits per heavy atom. The van der Waals surface area contributed by atoms with Gasteiger partial charge in [0.25, 0.3) is 0 Å². The lowest BCUT2D eigenvalue weighted by Gasteiger charge is -1.99. The van der Waals surface area contributed by atoms with Gasteiger partial charge in [-0.1, -0.05) is 29.3 Å². The molecule has 2 nitrogen and oxygen atoms in total. The molecule has 0 radical (unpaired) electrons. The first-order valence-electron chi connectivity index (χ1n) is 4.90. The molecule has 0 spiro atoms. The first-order chi connectivity index (χ1) is 8.11. The second-order valence-electron chi connectivity index (χ2n) is 3.54. The van der Waals surface area contributed by atoms with Gasteiger partial charge >= 0.3 is 0 Å². The van der Waals surface area contributed by atoms with Gasteiger partial charge in [0.15, 0.2) is 0 Å². The second-order valence-corrected chi connectivity index (χ2v) is 5.27. The predicted octanol–water partition coefficient (Wildman–Crippen LogP) is 4.40. The molecule has 5 heteroatoms. The van der Waals surface area contributed by atoms with Crippen molar-refractivity contribution in [2.45, 2.75) is 6.92 Å². The van der Waals surface area contributed by atoms with E-state index in [1.165, 1.54) is 0 Å². The zero-order valence-corrected chi connectivity index (χ0v) is 11.4. The minimum absolute atomic E-state index is 0.559. The Labute approximate surface area is 114 Å². The number of rotatable bonds is 2. The lowest BCUT2D eigenvalue weighted by atomic mass is 10.1. The molecule has 17 heavy (non-hydrogen) atoms. The normalized spacial score (nSPS) is 11.8. The van der Waals surface area contributed by atoms with Crippen LogP contribution in [0, 0.1) is 0 Å². The van der Waals surface area contributed by atoms with Crippen LogP contribution in [0.15, 0.2) is 34.7 Å². The SMILES string of the molecule is CC(=NN)c1csc(-c2ccc(Cl)c(Cl)c2)c1. The van der Waals surface area contributed by atoms with Crippen LogP contribution >= 0.6 is 34.5 Å². The number of hydrogen-bond acceptors (Lipinski definition) is 3. The number of hydrazone groups is 1.